The summed E-state index contributed by atoms with van der Waals surface area (Å²) in [7, 11) is 1.81. The topological polar surface area (TPSA) is 72.9 Å². The second kappa shape index (κ2) is 5.09. The molecule has 0 atom stereocenters. The molecular weight excluding hydrogens is 247 g/mol. The van der Waals surface area contributed by atoms with Gasteiger partial charge in [0.15, 0.2) is 0 Å². The van der Waals surface area contributed by atoms with Crippen LogP contribution < -0.4 is 11.1 Å². The summed E-state index contributed by atoms with van der Waals surface area (Å²) < 4.78 is 14.9. The molecule has 0 saturated heterocycles. The Bertz CT molecular complexity index is 621. The lowest BCUT2D eigenvalue weighted by Gasteiger charge is -2.05. The molecule has 5 nitrogen and oxygen atoms in total. The van der Waals surface area contributed by atoms with Gasteiger partial charge in [-0.05, 0) is 25.1 Å². The summed E-state index contributed by atoms with van der Waals surface area (Å²) in [5, 5.41) is 6.89. The number of halogens is 1. The smallest absolute Gasteiger partial charge is 0.251 e. The van der Waals surface area contributed by atoms with Gasteiger partial charge >= 0.3 is 0 Å². The maximum absolute atomic E-state index is 13.3. The number of anilines is 1. The Kier molecular flexibility index (Phi) is 3.50. The van der Waals surface area contributed by atoms with Gasteiger partial charge in [0.25, 0.3) is 5.91 Å². The highest BCUT2D eigenvalue weighted by Gasteiger charge is 2.09. The van der Waals surface area contributed by atoms with Crippen molar-refractivity contribution in [2.45, 2.75) is 13.5 Å². The highest BCUT2D eigenvalue weighted by Crippen LogP contribution is 2.12. The fourth-order valence-electron chi connectivity index (χ4n) is 1.77. The Morgan fingerprint density at radius 3 is 2.84 bits per heavy atom. The third-order valence-corrected chi connectivity index (χ3v) is 2.82. The summed E-state index contributed by atoms with van der Waals surface area (Å²) in [6.45, 7) is 2.22. The van der Waals surface area contributed by atoms with Crippen LogP contribution in [0.5, 0.6) is 0 Å². The van der Waals surface area contributed by atoms with E-state index >= 15 is 0 Å². The van der Waals surface area contributed by atoms with Gasteiger partial charge in [0.1, 0.15) is 5.82 Å². The molecule has 0 unspecified atom stereocenters. The second-order valence-electron chi connectivity index (χ2n) is 4.33. The maximum Gasteiger partial charge on any atom is 0.251 e. The Labute approximate surface area is 110 Å². The van der Waals surface area contributed by atoms with Gasteiger partial charge < -0.3 is 11.1 Å². The van der Waals surface area contributed by atoms with Crippen LogP contribution in [-0.2, 0) is 13.6 Å². The fourth-order valence-corrected chi connectivity index (χ4v) is 1.77. The van der Waals surface area contributed by atoms with Crippen molar-refractivity contribution in [1.29, 1.82) is 0 Å². The first-order chi connectivity index (χ1) is 8.97. The van der Waals surface area contributed by atoms with Crippen LogP contribution in [0, 0.1) is 12.7 Å². The lowest BCUT2D eigenvalue weighted by molar-refractivity contribution is 0.0950. The third kappa shape index (κ3) is 2.90. The molecule has 0 aliphatic heterocycles. The summed E-state index contributed by atoms with van der Waals surface area (Å²) in [6.07, 6.45) is 1.83. The van der Waals surface area contributed by atoms with Crippen molar-refractivity contribution in [3.05, 3.63) is 47.0 Å². The summed E-state index contributed by atoms with van der Waals surface area (Å²) in [6, 6.07) is 3.99. The van der Waals surface area contributed by atoms with Crippen LogP contribution in [0.15, 0.2) is 24.4 Å². The number of nitrogens with one attached hydrogen (secondary N) is 1. The van der Waals surface area contributed by atoms with Gasteiger partial charge in [-0.2, -0.15) is 5.10 Å². The van der Waals surface area contributed by atoms with Crippen molar-refractivity contribution >= 4 is 11.6 Å². The van der Waals surface area contributed by atoms with Crippen LogP contribution in [0.4, 0.5) is 10.1 Å². The Morgan fingerprint density at radius 1 is 1.53 bits per heavy atom. The Hall–Kier alpha value is -2.37. The van der Waals surface area contributed by atoms with E-state index in [1.165, 1.54) is 12.1 Å². The van der Waals surface area contributed by atoms with Gasteiger partial charge in [-0.15, -0.1) is 0 Å². The van der Waals surface area contributed by atoms with E-state index < -0.39 is 5.82 Å². The average molecular weight is 262 g/mol. The molecule has 0 aliphatic carbocycles. The van der Waals surface area contributed by atoms with Crippen molar-refractivity contribution in [3.8, 4) is 0 Å². The molecule has 1 heterocycles. The standard InChI is InChI=1S/C13H15FN4O/c1-8-10(7-18(2)17-8)6-16-13(19)9-3-4-12(15)11(14)5-9/h3-5,7H,6,15H2,1-2H3,(H,16,19). The zero-order valence-corrected chi connectivity index (χ0v) is 10.8. The molecule has 1 aromatic heterocycles. The number of aryl methyl sites for hydroxylation is 2. The van der Waals surface area contributed by atoms with Gasteiger partial charge in [-0.25, -0.2) is 4.39 Å². The van der Waals surface area contributed by atoms with E-state index in [4.69, 9.17) is 5.73 Å². The molecule has 2 aromatic rings. The maximum atomic E-state index is 13.3. The molecule has 0 radical (unpaired) electrons. The number of hydrogen-bond donors (Lipinski definition) is 2. The number of hydrogen-bond acceptors (Lipinski definition) is 3. The highest BCUT2D eigenvalue weighted by atomic mass is 19.1. The summed E-state index contributed by atoms with van der Waals surface area (Å²) in [5.74, 6) is -0.938. The lowest BCUT2D eigenvalue weighted by Crippen LogP contribution is -2.23. The van der Waals surface area contributed by atoms with E-state index in [1.807, 2.05) is 20.2 Å². The predicted molar refractivity (Wildman–Crippen MR) is 69.9 cm³/mol. The molecule has 0 saturated carbocycles. The second-order valence-corrected chi connectivity index (χ2v) is 4.33. The van der Waals surface area contributed by atoms with Crippen molar-refractivity contribution in [1.82, 2.24) is 15.1 Å². The largest absolute Gasteiger partial charge is 0.396 e. The van der Waals surface area contributed by atoms with Gasteiger partial charge in [0.2, 0.25) is 0 Å². The zero-order valence-electron chi connectivity index (χ0n) is 10.8. The number of nitrogens with two attached hydrogens (primary N) is 1. The number of nitrogen functional groups attached to an aromatic ring is 1. The van der Waals surface area contributed by atoms with Crippen LogP contribution in [0.25, 0.3) is 0 Å². The van der Waals surface area contributed by atoms with Crippen molar-refractivity contribution < 1.29 is 9.18 Å². The molecule has 0 aliphatic rings. The van der Waals surface area contributed by atoms with Crippen LogP contribution in [-0.4, -0.2) is 15.7 Å². The van der Waals surface area contributed by atoms with Crippen LogP contribution in [0.2, 0.25) is 0 Å². The van der Waals surface area contributed by atoms with Gasteiger partial charge in [0, 0.05) is 30.9 Å². The van der Waals surface area contributed by atoms with Crippen molar-refractivity contribution in [3.63, 3.8) is 0 Å². The minimum Gasteiger partial charge on any atom is -0.396 e. The fraction of sp³-hybridized carbons (Fsp3) is 0.231. The highest BCUT2D eigenvalue weighted by molar-refractivity contribution is 5.94. The third-order valence-electron chi connectivity index (χ3n) is 2.82. The molecule has 1 amide bonds. The van der Waals surface area contributed by atoms with E-state index in [9.17, 15) is 9.18 Å². The van der Waals surface area contributed by atoms with Crippen LogP contribution in [0.3, 0.4) is 0 Å². The van der Waals surface area contributed by atoms with Crippen molar-refractivity contribution in [2.75, 3.05) is 5.73 Å². The Balaban J connectivity index is 2.05. The molecule has 19 heavy (non-hydrogen) atoms. The van der Waals surface area contributed by atoms with E-state index in [0.717, 1.165) is 17.3 Å². The number of amides is 1. The van der Waals surface area contributed by atoms with E-state index in [2.05, 4.69) is 10.4 Å². The molecule has 0 fully saturated rings. The normalized spacial score (nSPS) is 10.5. The van der Waals surface area contributed by atoms with E-state index in [0.29, 0.717) is 6.54 Å². The lowest BCUT2D eigenvalue weighted by atomic mass is 10.2. The minimum atomic E-state index is -0.592. The molecule has 2 rings (SSSR count). The van der Waals surface area contributed by atoms with Crippen LogP contribution in [0.1, 0.15) is 21.6 Å². The number of rotatable bonds is 3. The first kappa shape index (κ1) is 13.1. The van der Waals surface area contributed by atoms with Crippen LogP contribution >= 0.6 is 0 Å². The number of aromatic nitrogens is 2. The molecule has 6 heteroatoms. The molecule has 0 spiro atoms. The van der Waals surface area contributed by atoms with Gasteiger partial charge in [-0.1, -0.05) is 0 Å². The first-order valence-electron chi connectivity index (χ1n) is 5.79. The molecule has 1 aromatic carbocycles. The monoisotopic (exact) mass is 262 g/mol. The van der Waals surface area contributed by atoms with Crippen molar-refractivity contribution in [2.24, 2.45) is 7.05 Å². The summed E-state index contributed by atoms with van der Waals surface area (Å²) in [4.78, 5) is 11.9. The molecule has 100 valence electrons. The quantitative estimate of drug-likeness (QED) is 0.821. The zero-order chi connectivity index (χ0) is 14.0. The SMILES string of the molecule is Cc1nn(C)cc1CNC(=O)c1ccc(N)c(F)c1. The average Bonchev–Trinajstić information content (AvgIpc) is 2.68. The summed E-state index contributed by atoms with van der Waals surface area (Å²) in [5.41, 5.74) is 7.41. The Morgan fingerprint density at radius 2 is 2.26 bits per heavy atom. The van der Waals surface area contributed by atoms with E-state index in [-0.39, 0.29) is 17.2 Å². The van der Waals surface area contributed by atoms with Gasteiger partial charge in [0.05, 0.1) is 11.4 Å². The van der Waals surface area contributed by atoms with E-state index in [1.54, 1.807) is 4.68 Å². The number of carbonyl (C=O) groups excluding carboxylic acids is 1. The molecular formula is C13H15FN4O. The number of benzene rings is 1. The summed E-state index contributed by atoms with van der Waals surface area (Å²) >= 11 is 0. The first-order valence-corrected chi connectivity index (χ1v) is 5.79. The minimum absolute atomic E-state index is 0.0275. The number of nitrogens with zero attached hydrogens (tertiary/aromatic N) is 2. The molecule has 3 N–H and O–H groups in total. The van der Waals surface area contributed by atoms with Gasteiger partial charge in [-0.3, -0.25) is 9.48 Å². The molecule has 0 bridgehead atoms. The predicted octanol–water partition coefficient (Wildman–Crippen LogP) is 1.38. The number of carbonyl (C=O) groups is 1.